The molecule has 0 amide bonds. The normalized spacial score (nSPS) is 13.7. The van der Waals surface area contributed by atoms with E-state index in [0.29, 0.717) is 19.6 Å². The van der Waals surface area contributed by atoms with E-state index in [9.17, 15) is 9.59 Å². The van der Waals surface area contributed by atoms with Crippen LogP contribution in [0.5, 0.6) is 0 Å². The summed E-state index contributed by atoms with van der Waals surface area (Å²) in [6.07, 6.45) is 4.11. The summed E-state index contributed by atoms with van der Waals surface area (Å²) in [5, 5.41) is 0. The van der Waals surface area contributed by atoms with Gasteiger partial charge in [0, 0.05) is 0 Å². The van der Waals surface area contributed by atoms with E-state index in [2.05, 4.69) is 15.9 Å². The summed E-state index contributed by atoms with van der Waals surface area (Å²) in [5.74, 6) is -0.860. The first-order valence-electron chi connectivity index (χ1n) is 7.00. The molecule has 0 aromatic carbocycles. The van der Waals surface area contributed by atoms with Gasteiger partial charge in [-0.2, -0.15) is 0 Å². The van der Waals surface area contributed by atoms with E-state index in [0.717, 1.165) is 25.7 Å². The smallest absolute Gasteiger partial charge is 0.319 e. The average molecular weight is 337 g/mol. The summed E-state index contributed by atoms with van der Waals surface area (Å²) >= 11 is 3.26. The molecule has 0 aliphatic rings. The van der Waals surface area contributed by atoms with Crippen LogP contribution in [-0.2, 0) is 19.1 Å². The fourth-order valence-corrected chi connectivity index (χ4v) is 2.06. The van der Waals surface area contributed by atoms with Crippen LogP contribution in [0, 0.1) is 5.92 Å². The third kappa shape index (κ3) is 9.03. The molecule has 0 aromatic rings. The first kappa shape index (κ1) is 18.4. The van der Waals surface area contributed by atoms with Crippen molar-refractivity contribution in [3.8, 4) is 0 Å². The van der Waals surface area contributed by atoms with Crippen molar-refractivity contribution in [1.29, 1.82) is 0 Å². The van der Waals surface area contributed by atoms with Gasteiger partial charge in [-0.25, -0.2) is 0 Å². The van der Waals surface area contributed by atoms with Crippen LogP contribution < -0.4 is 0 Å². The number of halogens is 1. The Labute approximate surface area is 124 Å². The Balaban J connectivity index is 3.92. The Hall–Kier alpha value is -0.580. The molecule has 0 N–H and O–H groups in total. The largest absolute Gasteiger partial charge is 0.465 e. The van der Waals surface area contributed by atoms with Crippen molar-refractivity contribution in [3.05, 3.63) is 0 Å². The highest BCUT2D eigenvalue weighted by Crippen LogP contribution is 2.16. The molecular weight excluding hydrogens is 312 g/mol. The third-order valence-corrected chi connectivity index (χ3v) is 3.45. The van der Waals surface area contributed by atoms with Gasteiger partial charge in [-0.3, -0.25) is 9.59 Å². The second-order valence-corrected chi connectivity index (χ2v) is 5.75. The molecule has 0 heterocycles. The minimum absolute atomic E-state index is 0.251. The molecule has 4 nitrogen and oxygen atoms in total. The van der Waals surface area contributed by atoms with Gasteiger partial charge in [0.15, 0.2) is 0 Å². The summed E-state index contributed by atoms with van der Waals surface area (Å²) in [4.78, 5) is 22.8. The zero-order chi connectivity index (χ0) is 14.7. The fourth-order valence-electron chi connectivity index (χ4n) is 1.37. The number of carbonyl (C=O) groups is 2. The van der Waals surface area contributed by atoms with E-state index in [-0.39, 0.29) is 17.9 Å². The molecule has 2 atom stereocenters. The molecule has 0 spiro atoms. The number of carbonyl (C=O) groups excluding carboxylic acids is 2. The van der Waals surface area contributed by atoms with Gasteiger partial charge in [0.1, 0.15) is 4.83 Å². The second kappa shape index (κ2) is 11.3. The maximum Gasteiger partial charge on any atom is 0.319 e. The van der Waals surface area contributed by atoms with Gasteiger partial charge < -0.3 is 9.47 Å². The molecular formula is C14H25BrO4. The topological polar surface area (TPSA) is 52.6 Å². The van der Waals surface area contributed by atoms with Gasteiger partial charge in [-0.1, -0.05) is 49.5 Å². The number of hydrogen-bond acceptors (Lipinski definition) is 4. The predicted molar refractivity (Wildman–Crippen MR) is 78.2 cm³/mol. The molecule has 5 heteroatoms. The number of esters is 2. The first-order valence-corrected chi connectivity index (χ1v) is 7.91. The molecule has 2 unspecified atom stereocenters. The van der Waals surface area contributed by atoms with Crippen LogP contribution in [-0.4, -0.2) is 30.0 Å². The lowest BCUT2D eigenvalue weighted by molar-refractivity contribution is -0.149. The van der Waals surface area contributed by atoms with Gasteiger partial charge in [0.2, 0.25) is 0 Å². The average Bonchev–Trinajstić information content (AvgIpc) is 2.38. The fraction of sp³-hybridized carbons (Fsp3) is 0.857. The van der Waals surface area contributed by atoms with E-state index >= 15 is 0 Å². The van der Waals surface area contributed by atoms with E-state index in [1.165, 1.54) is 0 Å². The highest BCUT2D eigenvalue weighted by molar-refractivity contribution is 9.10. The van der Waals surface area contributed by atoms with E-state index in [1.54, 1.807) is 6.92 Å². The minimum atomic E-state index is -0.446. The molecule has 0 fully saturated rings. The molecule has 0 saturated heterocycles. The van der Waals surface area contributed by atoms with Crippen LogP contribution in [0.15, 0.2) is 0 Å². The molecule has 0 aliphatic carbocycles. The van der Waals surface area contributed by atoms with E-state index in [4.69, 9.17) is 9.47 Å². The summed E-state index contributed by atoms with van der Waals surface area (Å²) < 4.78 is 10.2. The molecule has 0 radical (unpaired) electrons. The number of hydrogen-bond donors (Lipinski definition) is 0. The summed E-state index contributed by atoms with van der Waals surface area (Å²) in [7, 11) is 0. The van der Waals surface area contributed by atoms with Crippen LogP contribution in [0.2, 0.25) is 0 Å². The lowest BCUT2D eigenvalue weighted by atomic mass is 10.1. The van der Waals surface area contributed by atoms with Gasteiger partial charge in [-0.15, -0.1) is 0 Å². The second-order valence-electron chi connectivity index (χ2n) is 4.65. The van der Waals surface area contributed by atoms with Crippen molar-refractivity contribution in [3.63, 3.8) is 0 Å². The number of rotatable bonds is 10. The number of unbranched alkanes of at least 4 members (excludes halogenated alkanes) is 2. The van der Waals surface area contributed by atoms with Crippen molar-refractivity contribution in [2.75, 3.05) is 13.2 Å². The van der Waals surface area contributed by atoms with Crippen molar-refractivity contribution >= 4 is 27.9 Å². The summed E-state index contributed by atoms with van der Waals surface area (Å²) in [6.45, 7) is 6.73. The summed E-state index contributed by atoms with van der Waals surface area (Å²) in [6, 6.07) is 0. The molecule has 0 aliphatic heterocycles. The highest BCUT2D eigenvalue weighted by Gasteiger charge is 2.24. The van der Waals surface area contributed by atoms with E-state index in [1.807, 2.05) is 13.8 Å². The lowest BCUT2D eigenvalue weighted by Crippen LogP contribution is -2.25. The monoisotopic (exact) mass is 336 g/mol. The maximum absolute atomic E-state index is 11.6. The standard InChI is InChI=1S/C14H25BrO4/c1-4-6-8-18-13(16)11(3)10-12(15)14(17)19-9-7-5-2/h11-12H,4-10H2,1-3H3. The van der Waals surface area contributed by atoms with Crippen LogP contribution in [0.25, 0.3) is 0 Å². The van der Waals surface area contributed by atoms with Gasteiger partial charge in [0.05, 0.1) is 19.1 Å². The van der Waals surface area contributed by atoms with Gasteiger partial charge >= 0.3 is 11.9 Å². The predicted octanol–water partition coefficient (Wildman–Crippen LogP) is 3.46. The molecule has 0 aromatic heterocycles. The van der Waals surface area contributed by atoms with Crippen LogP contribution in [0.4, 0.5) is 0 Å². The van der Waals surface area contributed by atoms with Crippen LogP contribution >= 0.6 is 15.9 Å². The minimum Gasteiger partial charge on any atom is -0.465 e. The van der Waals surface area contributed by atoms with E-state index < -0.39 is 4.83 Å². The summed E-state index contributed by atoms with van der Waals surface area (Å²) in [5.41, 5.74) is 0. The van der Waals surface area contributed by atoms with Crippen LogP contribution in [0.1, 0.15) is 52.9 Å². The molecule has 0 rings (SSSR count). The maximum atomic E-state index is 11.6. The van der Waals surface area contributed by atoms with Crippen molar-refractivity contribution in [2.45, 2.75) is 57.7 Å². The lowest BCUT2D eigenvalue weighted by Gasteiger charge is -2.14. The van der Waals surface area contributed by atoms with Crippen molar-refractivity contribution in [1.82, 2.24) is 0 Å². The zero-order valence-electron chi connectivity index (χ0n) is 12.1. The van der Waals surface area contributed by atoms with Crippen molar-refractivity contribution < 1.29 is 19.1 Å². The Kier molecular flexibility index (Phi) is 10.9. The molecule has 112 valence electrons. The number of alkyl halides is 1. The van der Waals surface area contributed by atoms with Gasteiger partial charge in [0.25, 0.3) is 0 Å². The quantitative estimate of drug-likeness (QED) is 0.348. The Morgan fingerprint density at radius 1 is 1.00 bits per heavy atom. The Morgan fingerprint density at radius 2 is 1.47 bits per heavy atom. The molecule has 19 heavy (non-hydrogen) atoms. The zero-order valence-corrected chi connectivity index (χ0v) is 13.7. The molecule has 0 saturated carbocycles. The highest BCUT2D eigenvalue weighted by atomic mass is 79.9. The number of ether oxygens (including phenoxy) is 2. The third-order valence-electron chi connectivity index (χ3n) is 2.70. The Morgan fingerprint density at radius 3 is 1.95 bits per heavy atom. The van der Waals surface area contributed by atoms with Gasteiger partial charge in [-0.05, 0) is 19.3 Å². The SMILES string of the molecule is CCCCOC(=O)C(C)CC(Br)C(=O)OCCCC. The van der Waals surface area contributed by atoms with Crippen molar-refractivity contribution in [2.24, 2.45) is 5.92 Å². The first-order chi connectivity index (χ1) is 9.02. The molecule has 0 bridgehead atoms. The Bertz CT molecular complexity index is 242. The van der Waals surface area contributed by atoms with Crippen LogP contribution in [0.3, 0.4) is 0 Å².